The molecule has 3 aromatic rings. The number of nitrogens with zero attached hydrogens (tertiary/aromatic N) is 1. The Balaban J connectivity index is 1.54. The van der Waals surface area contributed by atoms with Gasteiger partial charge in [0, 0.05) is 40.8 Å². The van der Waals surface area contributed by atoms with Gasteiger partial charge in [-0.1, -0.05) is 35.9 Å². The minimum atomic E-state index is -0.477. The largest absolute Gasteiger partial charge is 0.361 e. The number of halogens is 1. The summed E-state index contributed by atoms with van der Waals surface area (Å²) in [5, 5.41) is 4.49. The van der Waals surface area contributed by atoms with E-state index in [4.69, 9.17) is 11.6 Å². The van der Waals surface area contributed by atoms with Crippen molar-refractivity contribution in [2.24, 2.45) is 0 Å². The van der Waals surface area contributed by atoms with Crippen LogP contribution in [0.3, 0.4) is 0 Å². The molecule has 2 N–H and O–H groups in total. The molecule has 0 radical (unpaired) electrons. The Morgan fingerprint density at radius 1 is 1.23 bits per heavy atom. The van der Waals surface area contributed by atoms with Crippen molar-refractivity contribution in [3.8, 4) is 0 Å². The molecule has 1 saturated heterocycles. The predicted octanol–water partition coefficient (Wildman–Crippen LogP) is 3.95. The number of para-hydroxylation sites is 1. The van der Waals surface area contributed by atoms with Crippen molar-refractivity contribution >= 4 is 40.0 Å². The van der Waals surface area contributed by atoms with Gasteiger partial charge in [-0.3, -0.25) is 9.59 Å². The summed E-state index contributed by atoms with van der Waals surface area (Å²) in [5.74, 6) is -0.181. The Labute approximate surface area is 155 Å². The van der Waals surface area contributed by atoms with Gasteiger partial charge in [0.15, 0.2) is 0 Å². The molecule has 1 unspecified atom stereocenters. The highest BCUT2D eigenvalue weighted by Crippen LogP contribution is 2.26. The fraction of sp³-hybridized carbons (Fsp3) is 0.200. The molecule has 2 heterocycles. The number of benzene rings is 2. The summed E-state index contributed by atoms with van der Waals surface area (Å²) in [6.07, 6.45) is 2.81. The van der Waals surface area contributed by atoms with Crippen molar-refractivity contribution in [2.45, 2.75) is 25.4 Å². The molecule has 0 aliphatic carbocycles. The van der Waals surface area contributed by atoms with E-state index in [1.807, 2.05) is 30.5 Å². The molecule has 6 heteroatoms. The van der Waals surface area contributed by atoms with E-state index in [0.717, 1.165) is 16.5 Å². The number of carbonyl (C=O) groups is 2. The van der Waals surface area contributed by atoms with Gasteiger partial charge in [0.1, 0.15) is 6.04 Å². The maximum Gasteiger partial charge on any atom is 0.247 e. The number of aromatic nitrogens is 1. The predicted molar refractivity (Wildman–Crippen MR) is 102 cm³/mol. The van der Waals surface area contributed by atoms with Gasteiger partial charge < -0.3 is 15.2 Å². The van der Waals surface area contributed by atoms with E-state index < -0.39 is 6.04 Å². The third-order valence-electron chi connectivity index (χ3n) is 4.74. The smallest absolute Gasteiger partial charge is 0.247 e. The van der Waals surface area contributed by atoms with Crippen LogP contribution in [0.25, 0.3) is 10.9 Å². The molecule has 1 aliphatic rings. The zero-order chi connectivity index (χ0) is 18.1. The average molecular weight is 368 g/mol. The number of hydrogen-bond donors (Lipinski definition) is 2. The number of fused-ring (bicyclic) bond motifs is 1. The van der Waals surface area contributed by atoms with Crippen LogP contribution in [0, 0.1) is 0 Å². The van der Waals surface area contributed by atoms with Crippen molar-refractivity contribution in [1.29, 1.82) is 0 Å². The van der Waals surface area contributed by atoms with Crippen LogP contribution in [-0.4, -0.2) is 27.7 Å². The summed E-state index contributed by atoms with van der Waals surface area (Å²) >= 11 is 5.97. The Hall–Kier alpha value is -2.79. The number of carbonyl (C=O) groups excluding carboxylic acids is 2. The van der Waals surface area contributed by atoms with Crippen molar-refractivity contribution in [3.63, 3.8) is 0 Å². The van der Waals surface area contributed by atoms with Crippen LogP contribution in [-0.2, 0) is 16.1 Å². The lowest BCUT2D eigenvalue weighted by molar-refractivity contribution is -0.133. The third kappa shape index (κ3) is 3.18. The molecule has 26 heavy (non-hydrogen) atoms. The van der Waals surface area contributed by atoms with Gasteiger partial charge in [-0.05, 0) is 36.2 Å². The summed E-state index contributed by atoms with van der Waals surface area (Å²) in [6.45, 7) is 0.413. The van der Waals surface area contributed by atoms with E-state index in [2.05, 4.69) is 10.3 Å². The zero-order valence-electron chi connectivity index (χ0n) is 14.0. The first kappa shape index (κ1) is 16.7. The van der Waals surface area contributed by atoms with E-state index in [1.165, 1.54) is 0 Å². The molecular formula is C20H18ClN3O2. The number of anilines is 1. The number of amides is 2. The third-order valence-corrected chi connectivity index (χ3v) is 4.97. The molecule has 1 aromatic heterocycles. The lowest BCUT2D eigenvalue weighted by atomic mass is 10.1. The molecule has 1 fully saturated rings. The van der Waals surface area contributed by atoms with Gasteiger partial charge in [-0.2, -0.15) is 0 Å². The van der Waals surface area contributed by atoms with Gasteiger partial charge in [0.25, 0.3) is 0 Å². The minimum Gasteiger partial charge on any atom is -0.361 e. The molecule has 0 saturated carbocycles. The first-order valence-corrected chi connectivity index (χ1v) is 8.90. The Morgan fingerprint density at radius 3 is 2.92 bits per heavy atom. The number of rotatable bonds is 4. The highest BCUT2D eigenvalue weighted by Gasteiger charge is 2.36. The summed E-state index contributed by atoms with van der Waals surface area (Å²) in [7, 11) is 0. The van der Waals surface area contributed by atoms with Gasteiger partial charge in [0.05, 0.1) is 0 Å². The lowest BCUT2D eigenvalue weighted by Gasteiger charge is -2.24. The van der Waals surface area contributed by atoms with Crippen LogP contribution < -0.4 is 5.32 Å². The van der Waals surface area contributed by atoms with Crippen LogP contribution in [0.1, 0.15) is 18.4 Å². The zero-order valence-corrected chi connectivity index (χ0v) is 14.8. The fourth-order valence-electron chi connectivity index (χ4n) is 3.44. The van der Waals surface area contributed by atoms with E-state index in [0.29, 0.717) is 30.1 Å². The van der Waals surface area contributed by atoms with Gasteiger partial charge in [-0.15, -0.1) is 0 Å². The van der Waals surface area contributed by atoms with Crippen LogP contribution in [0.15, 0.2) is 54.7 Å². The van der Waals surface area contributed by atoms with Crippen molar-refractivity contribution in [2.75, 3.05) is 5.32 Å². The molecule has 1 aliphatic heterocycles. The second-order valence-electron chi connectivity index (χ2n) is 6.44. The first-order chi connectivity index (χ1) is 12.6. The number of hydrogen-bond acceptors (Lipinski definition) is 2. The van der Waals surface area contributed by atoms with Crippen molar-refractivity contribution in [3.05, 3.63) is 65.3 Å². The van der Waals surface area contributed by atoms with E-state index >= 15 is 0 Å². The molecule has 132 valence electrons. The Morgan fingerprint density at radius 2 is 2.08 bits per heavy atom. The number of likely N-dealkylation sites (tertiary alicyclic amines) is 1. The van der Waals surface area contributed by atoms with Gasteiger partial charge in [-0.25, -0.2) is 0 Å². The van der Waals surface area contributed by atoms with E-state index in [1.54, 1.807) is 29.2 Å². The minimum absolute atomic E-state index is 0.00141. The Bertz CT molecular complexity index is 982. The average Bonchev–Trinajstić information content (AvgIpc) is 3.20. The highest BCUT2D eigenvalue weighted by atomic mass is 35.5. The van der Waals surface area contributed by atoms with Crippen LogP contribution in [0.4, 0.5) is 5.69 Å². The molecule has 4 rings (SSSR count). The molecule has 2 aromatic carbocycles. The molecule has 2 amide bonds. The maximum atomic E-state index is 12.7. The lowest BCUT2D eigenvalue weighted by Crippen LogP contribution is -2.41. The molecule has 0 spiro atoms. The summed E-state index contributed by atoms with van der Waals surface area (Å²) in [5.41, 5.74) is 2.67. The molecular weight excluding hydrogens is 350 g/mol. The molecule has 0 bridgehead atoms. The number of H-pyrrole nitrogens is 1. The summed E-state index contributed by atoms with van der Waals surface area (Å²) < 4.78 is 0. The number of nitrogens with one attached hydrogen (secondary N) is 2. The quantitative estimate of drug-likeness (QED) is 0.733. The van der Waals surface area contributed by atoms with Gasteiger partial charge in [0.2, 0.25) is 11.8 Å². The molecule has 5 nitrogen and oxygen atoms in total. The van der Waals surface area contributed by atoms with Gasteiger partial charge >= 0.3 is 0 Å². The summed E-state index contributed by atoms with van der Waals surface area (Å²) in [4.78, 5) is 30.0. The number of aromatic amines is 1. The monoisotopic (exact) mass is 367 g/mol. The van der Waals surface area contributed by atoms with Crippen molar-refractivity contribution < 1.29 is 9.59 Å². The highest BCUT2D eigenvalue weighted by molar-refractivity contribution is 6.30. The molecule has 1 atom stereocenters. The second kappa shape index (κ2) is 6.84. The Kier molecular flexibility index (Phi) is 4.39. The summed E-state index contributed by atoms with van der Waals surface area (Å²) in [6, 6.07) is 14.5. The first-order valence-electron chi connectivity index (χ1n) is 8.53. The van der Waals surface area contributed by atoms with Crippen LogP contribution in [0.2, 0.25) is 5.02 Å². The van der Waals surface area contributed by atoms with Crippen LogP contribution in [0.5, 0.6) is 0 Å². The van der Waals surface area contributed by atoms with E-state index in [9.17, 15) is 9.59 Å². The SMILES string of the molecule is O=C(Nc1cccc(Cl)c1)C1CCC(=O)N1Cc1c[nH]c2ccccc12. The fourth-order valence-corrected chi connectivity index (χ4v) is 3.63. The second-order valence-corrected chi connectivity index (χ2v) is 6.87. The van der Waals surface area contributed by atoms with Crippen LogP contribution >= 0.6 is 11.6 Å². The standard InChI is InChI=1S/C20H18ClN3O2/c21-14-4-3-5-15(10-14)23-20(26)18-8-9-19(25)24(18)12-13-11-22-17-7-2-1-6-16(13)17/h1-7,10-11,18,22H,8-9,12H2,(H,23,26). The normalized spacial score (nSPS) is 17.0. The topological polar surface area (TPSA) is 65.2 Å². The van der Waals surface area contributed by atoms with E-state index in [-0.39, 0.29) is 11.8 Å². The van der Waals surface area contributed by atoms with Crippen molar-refractivity contribution in [1.82, 2.24) is 9.88 Å². The maximum absolute atomic E-state index is 12.7.